The lowest BCUT2D eigenvalue weighted by molar-refractivity contribution is 0.0663. The Bertz CT molecular complexity index is 560. The quantitative estimate of drug-likeness (QED) is 0.874. The summed E-state index contributed by atoms with van der Waals surface area (Å²) in [5.74, 6) is 0.0544. The molecule has 1 fully saturated rings. The molecule has 1 aromatic rings. The number of piperazine rings is 1. The van der Waals surface area contributed by atoms with Gasteiger partial charge < -0.3 is 15.1 Å². The molecule has 1 saturated heterocycles. The zero-order chi connectivity index (χ0) is 15.5. The van der Waals surface area contributed by atoms with Crippen LogP contribution in [0.5, 0.6) is 0 Å². The summed E-state index contributed by atoms with van der Waals surface area (Å²) in [5, 5.41) is 7.13. The van der Waals surface area contributed by atoms with Crippen LogP contribution in [-0.4, -0.2) is 64.2 Å². The van der Waals surface area contributed by atoms with Crippen LogP contribution < -0.4 is 5.32 Å². The Balaban J connectivity index is 1.63. The minimum absolute atomic E-state index is 0.0440. The van der Waals surface area contributed by atoms with Gasteiger partial charge in [-0.25, -0.2) is 4.79 Å². The highest BCUT2D eigenvalue weighted by Gasteiger charge is 2.28. The van der Waals surface area contributed by atoms with Crippen LogP contribution in [0.15, 0.2) is 6.20 Å². The van der Waals surface area contributed by atoms with E-state index in [2.05, 4.69) is 10.4 Å². The largest absolute Gasteiger partial charge is 0.338 e. The lowest BCUT2D eigenvalue weighted by Crippen LogP contribution is -2.53. The summed E-state index contributed by atoms with van der Waals surface area (Å²) in [7, 11) is 0. The van der Waals surface area contributed by atoms with Gasteiger partial charge >= 0.3 is 6.03 Å². The molecule has 1 aromatic heterocycles. The second-order valence-corrected chi connectivity index (χ2v) is 5.80. The summed E-state index contributed by atoms with van der Waals surface area (Å²) in [6.45, 7) is 5.78. The molecule has 2 aliphatic heterocycles. The molecule has 0 unspecified atom stereocenters. The minimum Gasteiger partial charge on any atom is -0.338 e. The van der Waals surface area contributed by atoms with E-state index in [-0.39, 0.29) is 11.9 Å². The van der Waals surface area contributed by atoms with E-state index in [4.69, 9.17) is 0 Å². The fourth-order valence-electron chi connectivity index (χ4n) is 3.15. The third kappa shape index (κ3) is 2.80. The zero-order valence-electron chi connectivity index (χ0n) is 13.0. The van der Waals surface area contributed by atoms with Gasteiger partial charge in [-0.1, -0.05) is 0 Å². The fourth-order valence-corrected chi connectivity index (χ4v) is 3.15. The van der Waals surface area contributed by atoms with E-state index in [1.54, 1.807) is 11.1 Å². The van der Waals surface area contributed by atoms with Gasteiger partial charge in [0.15, 0.2) is 0 Å². The van der Waals surface area contributed by atoms with Crippen LogP contribution >= 0.6 is 0 Å². The van der Waals surface area contributed by atoms with E-state index >= 15 is 0 Å². The number of carbonyl (C=O) groups is 2. The highest BCUT2D eigenvalue weighted by molar-refractivity contribution is 5.95. The van der Waals surface area contributed by atoms with Crippen molar-refractivity contribution in [2.45, 2.75) is 32.7 Å². The van der Waals surface area contributed by atoms with Gasteiger partial charge in [-0.2, -0.15) is 5.10 Å². The van der Waals surface area contributed by atoms with E-state index in [0.717, 1.165) is 37.1 Å². The Morgan fingerprint density at radius 2 is 1.86 bits per heavy atom. The number of fused-ring (bicyclic) bond motifs is 1. The predicted octanol–water partition coefficient (Wildman–Crippen LogP) is 0.707. The molecule has 0 radical (unpaired) electrons. The van der Waals surface area contributed by atoms with Crippen molar-refractivity contribution in [2.24, 2.45) is 0 Å². The number of amides is 3. The van der Waals surface area contributed by atoms with Crippen LogP contribution in [-0.2, 0) is 13.0 Å². The molecule has 0 bridgehead atoms. The highest BCUT2D eigenvalue weighted by atomic mass is 16.2. The maximum atomic E-state index is 12.7. The Morgan fingerprint density at radius 3 is 2.59 bits per heavy atom. The maximum absolute atomic E-state index is 12.7. The van der Waals surface area contributed by atoms with Gasteiger partial charge in [0.05, 0.1) is 17.5 Å². The molecular formula is C15H23N5O2. The number of rotatable bonds is 2. The van der Waals surface area contributed by atoms with Gasteiger partial charge in [0.25, 0.3) is 5.91 Å². The third-order valence-corrected chi connectivity index (χ3v) is 4.39. The third-order valence-electron chi connectivity index (χ3n) is 4.39. The number of hydrogen-bond acceptors (Lipinski definition) is 3. The lowest BCUT2D eigenvalue weighted by atomic mass is 10.1. The van der Waals surface area contributed by atoms with Gasteiger partial charge in [-0.15, -0.1) is 0 Å². The summed E-state index contributed by atoms with van der Waals surface area (Å²) < 4.78 is 1.96. The number of aryl methyl sites for hydroxylation is 1. The average molecular weight is 305 g/mol. The fraction of sp³-hybridized carbons (Fsp3) is 0.667. The van der Waals surface area contributed by atoms with Crippen molar-refractivity contribution in [1.29, 1.82) is 0 Å². The average Bonchev–Trinajstić information content (AvgIpc) is 2.98. The van der Waals surface area contributed by atoms with Crippen molar-refractivity contribution < 1.29 is 9.59 Å². The van der Waals surface area contributed by atoms with Gasteiger partial charge in [-0.05, 0) is 26.2 Å². The number of carbonyl (C=O) groups excluding carboxylic acids is 2. The minimum atomic E-state index is -0.0440. The van der Waals surface area contributed by atoms with E-state index < -0.39 is 0 Å². The molecule has 3 amide bonds. The summed E-state index contributed by atoms with van der Waals surface area (Å²) in [6.07, 6.45) is 4.89. The monoisotopic (exact) mass is 305 g/mol. The van der Waals surface area contributed by atoms with Crippen molar-refractivity contribution in [3.8, 4) is 0 Å². The Morgan fingerprint density at radius 1 is 1.14 bits per heavy atom. The summed E-state index contributed by atoms with van der Waals surface area (Å²) in [5.41, 5.74) is 1.81. The van der Waals surface area contributed by atoms with Crippen molar-refractivity contribution >= 4 is 11.9 Å². The molecule has 7 heteroatoms. The zero-order valence-corrected chi connectivity index (χ0v) is 13.0. The number of aromatic nitrogens is 2. The van der Waals surface area contributed by atoms with E-state index in [1.165, 1.54) is 0 Å². The van der Waals surface area contributed by atoms with Crippen LogP contribution in [0.3, 0.4) is 0 Å². The first-order valence-electron chi connectivity index (χ1n) is 8.07. The molecule has 120 valence electrons. The normalized spacial score (nSPS) is 18.0. The van der Waals surface area contributed by atoms with Gasteiger partial charge in [0.1, 0.15) is 0 Å². The molecule has 1 N–H and O–H groups in total. The second-order valence-electron chi connectivity index (χ2n) is 5.80. The van der Waals surface area contributed by atoms with E-state index in [9.17, 15) is 9.59 Å². The van der Waals surface area contributed by atoms with Crippen molar-refractivity contribution in [3.63, 3.8) is 0 Å². The second kappa shape index (κ2) is 6.37. The Labute approximate surface area is 130 Å². The van der Waals surface area contributed by atoms with Crippen LogP contribution in [0.1, 0.15) is 35.8 Å². The van der Waals surface area contributed by atoms with Crippen molar-refractivity contribution in [1.82, 2.24) is 24.9 Å². The van der Waals surface area contributed by atoms with Crippen LogP contribution in [0, 0.1) is 0 Å². The summed E-state index contributed by atoms with van der Waals surface area (Å²) in [6, 6.07) is -0.0440. The standard InChI is InChI=1S/C15H23N5O2/c1-2-16-15(22)19-9-7-18(8-10-19)14(21)12-11-17-20-6-4-3-5-13(12)20/h11H,2-10H2,1H3,(H,16,22). The lowest BCUT2D eigenvalue weighted by Gasteiger charge is -2.34. The highest BCUT2D eigenvalue weighted by Crippen LogP contribution is 2.20. The first kappa shape index (κ1) is 14.9. The molecular weight excluding hydrogens is 282 g/mol. The SMILES string of the molecule is CCNC(=O)N1CCN(C(=O)c2cnn3c2CCCC3)CC1. The molecule has 2 aliphatic rings. The van der Waals surface area contributed by atoms with Crippen LogP contribution in [0.25, 0.3) is 0 Å². The van der Waals surface area contributed by atoms with Crippen LogP contribution in [0.4, 0.5) is 4.79 Å². The number of urea groups is 1. The molecule has 7 nitrogen and oxygen atoms in total. The topological polar surface area (TPSA) is 70.5 Å². The molecule has 0 spiro atoms. The molecule has 0 atom stereocenters. The van der Waals surface area contributed by atoms with Gasteiger partial charge in [-0.3, -0.25) is 9.48 Å². The molecule has 3 rings (SSSR count). The predicted molar refractivity (Wildman–Crippen MR) is 81.7 cm³/mol. The Hall–Kier alpha value is -2.05. The van der Waals surface area contributed by atoms with Gasteiger partial charge in [0, 0.05) is 39.3 Å². The molecule has 22 heavy (non-hydrogen) atoms. The first-order valence-corrected chi connectivity index (χ1v) is 8.07. The van der Waals surface area contributed by atoms with E-state index in [1.807, 2.05) is 16.5 Å². The summed E-state index contributed by atoms with van der Waals surface area (Å²) in [4.78, 5) is 28.1. The van der Waals surface area contributed by atoms with Crippen molar-refractivity contribution in [2.75, 3.05) is 32.7 Å². The van der Waals surface area contributed by atoms with Gasteiger partial charge in [0.2, 0.25) is 0 Å². The number of hydrogen-bond donors (Lipinski definition) is 1. The summed E-state index contributed by atoms with van der Waals surface area (Å²) >= 11 is 0. The molecule has 0 aliphatic carbocycles. The molecule has 0 aromatic carbocycles. The molecule has 3 heterocycles. The van der Waals surface area contributed by atoms with Crippen molar-refractivity contribution in [3.05, 3.63) is 17.5 Å². The maximum Gasteiger partial charge on any atom is 0.317 e. The van der Waals surface area contributed by atoms with E-state index in [0.29, 0.717) is 32.7 Å². The number of nitrogens with one attached hydrogen (secondary N) is 1. The Kier molecular flexibility index (Phi) is 4.31. The van der Waals surface area contributed by atoms with Crippen LogP contribution in [0.2, 0.25) is 0 Å². The molecule has 0 saturated carbocycles. The smallest absolute Gasteiger partial charge is 0.317 e. The number of nitrogens with zero attached hydrogens (tertiary/aromatic N) is 4. The first-order chi connectivity index (χ1) is 10.7.